The van der Waals surface area contributed by atoms with Crippen molar-refractivity contribution in [3.05, 3.63) is 35.9 Å². The van der Waals surface area contributed by atoms with Crippen molar-refractivity contribution >= 4 is 29.5 Å². The van der Waals surface area contributed by atoms with E-state index >= 15 is 0 Å². The van der Waals surface area contributed by atoms with Gasteiger partial charge in [-0.25, -0.2) is 4.79 Å². The lowest BCUT2D eigenvalue weighted by Crippen LogP contribution is -2.62. The maximum Gasteiger partial charge on any atom is 0.315 e. The summed E-state index contributed by atoms with van der Waals surface area (Å²) >= 11 is 0. The van der Waals surface area contributed by atoms with E-state index in [1.165, 1.54) is 5.56 Å². The number of fused-ring (bicyclic) bond motifs is 1. The van der Waals surface area contributed by atoms with Crippen molar-refractivity contribution in [3.8, 4) is 0 Å². The average Bonchev–Trinajstić information content (AvgIpc) is 3.81. The van der Waals surface area contributed by atoms with E-state index in [0.29, 0.717) is 13.0 Å². The Morgan fingerprint density at radius 1 is 1.00 bits per heavy atom. The molecule has 3 fully saturated rings. The molecule has 248 valence electrons. The van der Waals surface area contributed by atoms with E-state index in [4.69, 9.17) is 5.73 Å². The number of rotatable bonds is 14. The van der Waals surface area contributed by atoms with Gasteiger partial charge < -0.3 is 26.6 Å². The first-order valence-electron chi connectivity index (χ1n) is 16.6. The summed E-state index contributed by atoms with van der Waals surface area (Å²) in [5, 5.41) is 8.86. The Morgan fingerprint density at radius 3 is 2.20 bits per heavy atom. The van der Waals surface area contributed by atoms with Crippen LogP contribution in [0.5, 0.6) is 0 Å². The van der Waals surface area contributed by atoms with Gasteiger partial charge in [0, 0.05) is 12.6 Å². The number of aryl methyl sites for hydroxylation is 1. The Balaban J connectivity index is 1.45. The van der Waals surface area contributed by atoms with E-state index in [2.05, 4.69) is 55.8 Å². The number of nitrogens with two attached hydrogens (primary N) is 1. The zero-order valence-corrected chi connectivity index (χ0v) is 28.0. The Labute approximate surface area is 268 Å². The Hall–Kier alpha value is -3.43. The van der Waals surface area contributed by atoms with Crippen LogP contribution in [0.1, 0.15) is 86.1 Å². The molecule has 0 radical (unpaired) electrons. The molecule has 5 amide bonds. The number of likely N-dealkylation sites (tertiary alicyclic amines) is 1. The van der Waals surface area contributed by atoms with Gasteiger partial charge in [0.25, 0.3) is 5.91 Å². The van der Waals surface area contributed by atoms with E-state index in [9.17, 15) is 24.0 Å². The predicted molar refractivity (Wildman–Crippen MR) is 173 cm³/mol. The first-order valence-corrected chi connectivity index (χ1v) is 16.6. The van der Waals surface area contributed by atoms with Crippen LogP contribution in [0, 0.1) is 34.5 Å². The topological polar surface area (TPSA) is 151 Å². The van der Waals surface area contributed by atoms with Crippen molar-refractivity contribution in [2.24, 2.45) is 40.2 Å². The number of hydrogen-bond acceptors (Lipinski definition) is 5. The zero-order chi connectivity index (χ0) is 33.3. The predicted octanol–water partition coefficient (Wildman–Crippen LogP) is 3.57. The molecule has 45 heavy (non-hydrogen) atoms. The van der Waals surface area contributed by atoms with Gasteiger partial charge in [0.2, 0.25) is 17.6 Å². The van der Waals surface area contributed by atoms with E-state index in [0.717, 1.165) is 32.1 Å². The van der Waals surface area contributed by atoms with Gasteiger partial charge in [-0.15, -0.1) is 0 Å². The van der Waals surface area contributed by atoms with Crippen LogP contribution in [-0.4, -0.2) is 65.1 Å². The molecule has 1 saturated heterocycles. The molecule has 0 spiro atoms. The van der Waals surface area contributed by atoms with Crippen molar-refractivity contribution in [3.63, 3.8) is 0 Å². The highest BCUT2D eigenvalue weighted by molar-refractivity contribution is 6.37. The van der Waals surface area contributed by atoms with Gasteiger partial charge in [-0.05, 0) is 65.7 Å². The van der Waals surface area contributed by atoms with Crippen LogP contribution >= 0.6 is 0 Å². The van der Waals surface area contributed by atoms with Crippen LogP contribution < -0.4 is 21.7 Å². The molecular weight excluding hydrogens is 570 g/mol. The Bertz CT molecular complexity index is 1270. The number of benzene rings is 1. The molecule has 6 atom stereocenters. The summed E-state index contributed by atoms with van der Waals surface area (Å²) in [6.45, 7) is 14.4. The van der Waals surface area contributed by atoms with Gasteiger partial charge in [0.15, 0.2) is 0 Å². The number of ketones is 1. The number of piperidine rings is 1. The fraction of sp³-hybridized carbons (Fsp3) is 0.686. The van der Waals surface area contributed by atoms with Crippen LogP contribution in [0.25, 0.3) is 0 Å². The second-order valence-corrected chi connectivity index (χ2v) is 15.5. The number of hydrogen-bond donors (Lipinski definition) is 4. The molecule has 10 heteroatoms. The fourth-order valence-electron chi connectivity index (χ4n) is 7.06. The summed E-state index contributed by atoms with van der Waals surface area (Å²) in [5.41, 5.74) is 5.77. The first kappa shape index (κ1) is 34.4. The van der Waals surface area contributed by atoms with Crippen LogP contribution in [0.4, 0.5) is 4.79 Å². The molecule has 5 N–H and O–H groups in total. The minimum Gasteiger partial charge on any atom is -0.363 e. The molecule has 2 aliphatic carbocycles. The van der Waals surface area contributed by atoms with Crippen molar-refractivity contribution in [1.82, 2.24) is 20.9 Å². The number of nitrogens with zero attached hydrogens (tertiary/aromatic N) is 1. The summed E-state index contributed by atoms with van der Waals surface area (Å²) in [4.78, 5) is 67.4. The van der Waals surface area contributed by atoms with Gasteiger partial charge in [-0.2, -0.15) is 0 Å². The van der Waals surface area contributed by atoms with E-state index in [1.54, 1.807) is 4.90 Å². The summed E-state index contributed by atoms with van der Waals surface area (Å²) in [7, 11) is 0. The highest BCUT2D eigenvalue weighted by atomic mass is 16.2. The van der Waals surface area contributed by atoms with Crippen LogP contribution in [0.15, 0.2) is 30.3 Å². The number of carbonyl (C=O) groups is 5. The Morgan fingerprint density at radius 2 is 1.64 bits per heavy atom. The molecular formula is C35H53N5O5. The first-order chi connectivity index (χ1) is 21.0. The normalized spacial score (nSPS) is 23.8. The lowest BCUT2D eigenvalue weighted by atomic mass is 9.85. The monoisotopic (exact) mass is 623 g/mol. The molecule has 1 aliphatic heterocycles. The summed E-state index contributed by atoms with van der Waals surface area (Å²) in [6.07, 6.45) is 4.87. The average molecular weight is 624 g/mol. The lowest BCUT2D eigenvalue weighted by Gasteiger charge is -2.38. The molecule has 0 bridgehead atoms. The molecule has 1 aromatic rings. The Kier molecular flexibility index (Phi) is 10.3. The van der Waals surface area contributed by atoms with Crippen molar-refractivity contribution in [2.45, 2.75) is 111 Å². The summed E-state index contributed by atoms with van der Waals surface area (Å²) in [5.74, 6) is -2.16. The molecule has 1 heterocycles. The highest BCUT2D eigenvalue weighted by Gasteiger charge is 2.70. The molecule has 2 unspecified atom stereocenters. The fourth-order valence-corrected chi connectivity index (χ4v) is 7.06. The maximum atomic E-state index is 14.2. The second kappa shape index (κ2) is 13.5. The summed E-state index contributed by atoms with van der Waals surface area (Å²) < 4.78 is 0. The van der Waals surface area contributed by atoms with Crippen LogP contribution in [0.2, 0.25) is 0 Å². The number of urea groups is 1. The number of primary amides is 1. The minimum atomic E-state index is -1.08. The number of carbonyl (C=O) groups excluding carboxylic acids is 5. The minimum absolute atomic E-state index is 0.0746. The lowest BCUT2D eigenvalue weighted by molar-refractivity contribution is -0.145. The van der Waals surface area contributed by atoms with Crippen molar-refractivity contribution in [1.29, 1.82) is 0 Å². The molecule has 3 aliphatic rings. The largest absolute Gasteiger partial charge is 0.363 e. The number of amides is 5. The standard InChI is InChI=1S/C35H53N5O5/c1-20(2)24(15-11-14-21-12-9-8-10-13-21)38-33(45)39-29(34(3,4)5)32(44)40-19-23-26(35(23,6)7)27(40)31(43)37-25(18-22-16-17-22)28(41)30(36)42/h8-10,12-13,20,22-27,29H,11,14-19H2,1-7H3,(H2,36,42)(H,37,43)(H2,38,39,45)/t23?,24-,25?,26+,27+,29-/m1/s1. The van der Waals surface area contributed by atoms with E-state index < -0.39 is 47.2 Å². The molecule has 4 rings (SSSR count). The zero-order valence-electron chi connectivity index (χ0n) is 28.0. The molecule has 10 nitrogen and oxygen atoms in total. The van der Waals surface area contributed by atoms with Gasteiger partial charge in [0.1, 0.15) is 12.1 Å². The van der Waals surface area contributed by atoms with E-state index in [1.807, 2.05) is 39.0 Å². The number of nitrogens with one attached hydrogen (secondary N) is 3. The third-order valence-electron chi connectivity index (χ3n) is 10.2. The third-order valence-corrected chi connectivity index (χ3v) is 10.2. The highest BCUT2D eigenvalue weighted by Crippen LogP contribution is 2.65. The van der Waals surface area contributed by atoms with E-state index in [-0.39, 0.29) is 41.0 Å². The van der Waals surface area contributed by atoms with Crippen molar-refractivity contribution in [2.75, 3.05) is 6.54 Å². The third kappa shape index (κ3) is 8.24. The van der Waals surface area contributed by atoms with Crippen LogP contribution in [-0.2, 0) is 25.6 Å². The molecule has 1 aromatic carbocycles. The van der Waals surface area contributed by atoms with Gasteiger partial charge in [-0.1, -0.05) is 91.6 Å². The summed E-state index contributed by atoms with van der Waals surface area (Å²) in [6, 6.07) is 7.06. The SMILES string of the molecule is CC(C)[C@@H](CCCc1ccccc1)NC(=O)N[C@H](C(=O)N1CC2[C@@H]([C@H]1C(=O)NC(CC1CC1)C(=O)C(N)=O)C2(C)C)C(C)(C)C. The smallest absolute Gasteiger partial charge is 0.315 e. The van der Waals surface area contributed by atoms with Gasteiger partial charge in [-0.3, -0.25) is 19.2 Å². The quantitative estimate of drug-likeness (QED) is 0.234. The van der Waals surface area contributed by atoms with Gasteiger partial charge in [0.05, 0.1) is 6.04 Å². The maximum absolute atomic E-state index is 14.2. The second-order valence-electron chi connectivity index (χ2n) is 15.5. The van der Waals surface area contributed by atoms with Crippen LogP contribution in [0.3, 0.4) is 0 Å². The van der Waals surface area contributed by atoms with Crippen molar-refractivity contribution < 1.29 is 24.0 Å². The molecule has 2 saturated carbocycles. The molecule has 0 aromatic heterocycles. The van der Waals surface area contributed by atoms with Gasteiger partial charge >= 0.3 is 6.03 Å². The number of Topliss-reactive ketones (excluding diaryl/α,β-unsaturated/α-hetero) is 1.